The van der Waals surface area contributed by atoms with Crippen LogP contribution in [-0.2, 0) is 11.2 Å². The Hall–Kier alpha value is -1.66. The van der Waals surface area contributed by atoms with E-state index in [1.165, 1.54) is 11.3 Å². The molecule has 2 aromatic heterocycles. The predicted octanol–water partition coefficient (Wildman–Crippen LogP) is 0.833. The number of aliphatic carboxylic acids is 1. The fourth-order valence-electron chi connectivity index (χ4n) is 1.44. The molecule has 0 saturated heterocycles. The number of fused-ring (bicyclic) bond motifs is 1. The van der Waals surface area contributed by atoms with E-state index >= 15 is 0 Å². The largest absolute Gasteiger partial charge is 0.480 e. The molecule has 2 aromatic rings. The number of anilines is 1. The molecular weight excluding hydrogens is 226 g/mol. The van der Waals surface area contributed by atoms with Gasteiger partial charge < -0.3 is 16.6 Å². The van der Waals surface area contributed by atoms with Gasteiger partial charge in [0.15, 0.2) is 0 Å². The summed E-state index contributed by atoms with van der Waals surface area (Å²) >= 11 is 1.49. The van der Waals surface area contributed by atoms with Gasteiger partial charge in [-0.05, 0) is 12.1 Å². The van der Waals surface area contributed by atoms with Crippen LogP contribution in [0.15, 0.2) is 18.3 Å². The smallest absolute Gasteiger partial charge is 0.320 e. The minimum Gasteiger partial charge on any atom is -0.480 e. The Morgan fingerprint density at radius 2 is 2.38 bits per heavy atom. The van der Waals surface area contributed by atoms with E-state index in [1.54, 1.807) is 6.20 Å². The Balaban J connectivity index is 2.33. The second-order valence-corrected chi connectivity index (χ2v) is 4.64. The third kappa shape index (κ3) is 1.98. The van der Waals surface area contributed by atoms with Crippen molar-refractivity contribution in [2.24, 2.45) is 5.73 Å². The molecule has 0 amide bonds. The molecule has 84 valence electrons. The molecule has 2 rings (SSSR count). The molecule has 6 heteroatoms. The first kappa shape index (κ1) is 10.8. The summed E-state index contributed by atoms with van der Waals surface area (Å²) in [5.74, 6) is -0.535. The molecule has 1 atom stereocenters. The number of nitrogen functional groups attached to an aromatic ring is 1. The summed E-state index contributed by atoms with van der Waals surface area (Å²) < 4.78 is 1.00. The predicted molar refractivity (Wildman–Crippen MR) is 63.3 cm³/mol. The van der Waals surface area contributed by atoms with Crippen LogP contribution in [0.4, 0.5) is 5.82 Å². The fraction of sp³-hybridized carbons (Fsp3) is 0.200. The van der Waals surface area contributed by atoms with E-state index < -0.39 is 12.0 Å². The average Bonchev–Trinajstić information content (AvgIpc) is 2.61. The number of hydrogen-bond acceptors (Lipinski definition) is 5. The highest BCUT2D eigenvalue weighted by Gasteiger charge is 2.14. The van der Waals surface area contributed by atoms with Gasteiger partial charge in [-0.2, -0.15) is 0 Å². The van der Waals surface area contributed by atoms with Gasteiger partial charge in [0.2, 0.25) is 0 Å². The second kappa shape index (κ2) is 4.07. The minimum absolute atomic E-state index is 0.314. The Morgan fingerprint density at radius 1 is 1.62 bits per heavy atom. The van der Waals surface area contributed by atoms with Gasteiger partial charge in [0.05, 0.1) is 0 Å². The highest BCUT2D eigenvalue weighted by atomic mass is 32.1. The number of pyridine rings is 1. The van der Waals surface area contributed by atoms with Gasteiger partial charge in [-0.15, -0.1) is 11.3 Å². The number of aromatic nitrogens is 1. The third-order valence-electron chi connectivity index (χ3n) is 2.27. The van der Waals surface area contributed by atoms with Gasteiger partial charge in [-0.25, -0.2) is 4.98 Å². The zero-order valence-electron chi connectivity index (χ0n) is 8.38. The van der Waals surface area contributed by atoms with E-state index in [0.717, 1.165) is 15.0 Å². The lowest BCUT2D eigenvalue weighted by Gasteiger charge is -2.02. The molecule has 0 spiro atoms. The van der Waals surface area contributed by atoms with Gasteiger partial charge in [0.25, 0.3) is 0 Å². The van der Waals surface area contributed by atoms with Crippen molar-refractivity contribution < 1.29 is 9.90 Å². The molecule has 0 fully saturated rings. The van der Waals surface area contributed by atoms with Crippen molar-refractivity contribution in [1.29, 1.82) is 0 Å². The van der Waals surface area contributed by atoms with E-state index in [4.69, 9.17) is 16.6 Å². The highest BCUT2D eigenvalue weighted by molar-refractivity contribution is 7.19. The van der Waals surface area contributed by atoms with Crippen LogP contribution in [-0.4, -0.2) is 22.1 Å². The van der Waals surface area contributed by atoms with Gasteiger partial charge >= 0.3 is 5.97 Å². The average molecular weight is 237 g/mol. The molecule has 0 aliphatic rings. The molecule has 0 aliphatic carbocycles. The zero-order chi connectivity index (χ0) is 11.7. The van der Waals surface area contributed by atoms with Crippen LogP contribution in [0.1, 0.15) is 4.88 Å². The first-order chi connectivity index (χ1) is 7.58. The maximum Gasteiger partial charge on any atom is 0.320 e. The zero-order valence-corrected chi connectivity index (χ0v) is 9.20. The first-order valence-corrected chi connectivity index (χ1v) is 5.51. The van der Waals surface area contributed by atoms with Crippen LogP contribution in [0.2, 0.25) is 0 Å². The summed E-state index contributed by atoms with van der Waals surface area (Å²) in [5, 5.41) is 9.58. The molecule has 5 nitrogen and oxygen atoms in total. The van der Waals surface area contributed by atoms with Crippen molar-refractivity contribution in [2.45, 2.75) is 12.5 Å². The van der Waals surface area contributed by atoms with Gasteiger partial charge in [-0.1, -0.05) is 0 Å². The van der Waals surface area contributed by atoms with Crippen molar-refractivity contribution in [1.82, 2.24) is 4.98 Å². The monoisotopic (exact) mass is 237 g/mol. The molecule has 0 saturated carbocycles. The molecule has 16 heavy (non-hydrogen) atoms. The highest BCUT2D eigenvalue weighted by Crippen LogP contribution is 2.28. The normalized spacial score (nSPS) is 12.8. The third-order valence-corrected chi connectivity index (χ3v) is 3.39. The van der Waals surface area contributed by atoms with Crippen LogP contribution in [0.25, 0.3) is 10.1 Å². The molecule has 0 bridgehead atoms. The van der Waals surface area contributed by atoms with E-state index in [1.807, 2.05) is 12.1 Å². The summed E-state index contributed by atoms with van der Waals surface area (Å²) in [6.45, 7) is 0. The summed E-state index contributed by atoms with van der Waals surface area (Å²) in [6.07, 6.45) is 1.95. The van der Waals surface area contributed by atoms with Crippen molar-refractivity contribution in [3.8, 4) is 0 Å². The van der Waals surface area contributed by atoms with Gasteiger partial charge in [0.1, 0.15) is 11.9 Å². The van der Waals surface area contributed by atoms with Crippen LogP contribution in [0.3, 0.4) is 0 Å². The molecule has 0 unspecified atom stereocenters. The van der Waals surface area contributed by atoms with Crippen molar-refractivity contribution in [2.75, 3.05) is 5.73 Å². The SMILES string of the molecule is Nc1nccc2sc(C[C@H](N)C(=O)O)cc12. The van der Waals surface area contributed by atoms with Crippen molar-refractivity contribution >= 4 is 33.2 Å². The summed E-state index contributed by atoms with van der Waals surface area (Å²) in [4.78, 5) is 15.5. The quantitative estimate of drug-likeness (QED) is 0.733. The van der Waals surface area contributed by atoms with Gasteiger partial charge in [-0.3, -0.25) is 4.79 Å². The minimum atomic E-state index is -0.997. The standard InChI is InChI=1S/C10H11N3O2S/c11-7(10(14)15)4-5-3-6-8(16-5)1-2-13-9(6)12/h1-3,7H,4,11H2,(H2,12,13)(H,14,15)/t7-/m0/s1. The molecule has 5 N–H and O–H groups in total. The Morgan fingerprint density at radius 3 is 3.00 bits per heavy atom. The van der Waals surface area contributed by atoms with Crippen LogP contribution < -0.4 is 11.5 Å². The maximum atomic E-state index is 10.6. The number of hydrogen-bond donors (Lipinski definition) is 3. The number of rotatable bonds is 3. The lowest BCUT2D eigenvalue weighted by molar-refractivity contribution is -0.138. The van der Waals surface area contributed by atoms with E-state index in [9.17, 15) is 4.79 Å². The lowest BCUT2D eigenvalue weighted by Crippen LogP contribution is -2.31. The fourth-order valence-corrected chi connectivity index (χ4v) is 2.57. The topological polar surface area (TPSA) is 102 Å². The summed E-state index contributed by atoms with van der Waals surface area (Å²) in [6, 6.07) is 2.83. The number of nitrogens with two attached hydrogens (primary N) is 2. The van der Waals surface area contributed by atoms with Crippen molar-refractivity contribution in [3.63, 3.8) is 0 Å². The molecular formula is C10H11N3O2S. The molecule has 0 radical (unpaired) electrons. The molecule has 2 heterocycles. The number of carboxylic acid groups (broad SMARTS) is 1. The lowest BCUT2D eigenvalue weighted by atomic mass is 10.2. The van der Waals surface area contributed by atoms with Crippen LogP contribution in [0, 0.1) is 0 Å². The number of nitrogens with zero attached hydrogens (tertiary/aromatic N) is 1. The first-order valence-electron chi connectivity index (χ1n) is 4.69. The summed E-state index contributed by atoms with van der Waals surface area (Å²) in [7, 11) is 0. The Labute approximate surface area is 95.7 Å². The van der Waals surface area contributed by atoms with Gasteiger partial charge in [0, 0.05) is 27.6 Å². The second-order valence-electron chi connectivity index (χ2n) is 3.47. The Bertz CT molecular complexity index is 538. The molecule has 0 aromatic carbocycles. The van der Waals surface area contributed by atoms with E-state index in [0.29, 0.717) is 12.2 Å². The summed E-state index contributed by atoms with van der Waals surface area (Å²) in [5.41, 5.74) is 11.2. The Kier molecular flexibility index (Phi) is 2.76. The maximum absolute atomic E-state index is 10.6. The van der Waals surface area contributed by atoms with E-state index in [-0.39, 0.29) is 0 Å². The van der Waals surface area contributed by atoms with E-state index in [2.05, 4.69) is 4.98 Å². The van der Waals surface area contributed by atoms with Crippen LogP contribution >= 0.6 is 11.3 Å². The number of carbonyl (C=O) groups is 1. The number of carboxylic acids is 1. The number of thiophene rings is 1. The van der Waals surface area contributed by atoms with Crippen molar-refractivity contribution in [3.05, 3.63) is 23.2 Å². The molecule has 0 aliphatic heterocycles. The van der Waals surface area contributed by atoms with Crippen LogP contribution in [0.5, 0.6) is 0 Å².